The van der Waals surface area contributed by atoms with E-state index in [1.165, 1.54) is 17.4 Å². The van der Waals surface area contributed by atoms with E-state index < -0.39 is 0 Å². The summed E-state index contributed by atoms with van der Waals surface area (Å²) in [4.78, 5) is 31.2. The minimum Gasteiger partial charge on any atom is -0.361 e. The van der Waals surface area contributed by atoms with Crippen LogP contribution in [-0.4, -0.2) is 52.8 Å². The molecular formula is C19H25N3O2. The number of aromatic nitrogens is 1. The molecule has 0 aliphatic carbocycles. The fraction of sp³-hybridized carbons (Fsp3) is 0.474. The van der Waals surface area contributed by atoms with E-state index in [9.17, 15) is 9.59 Å². The number of rotatable bonds is 5. The topological polar surface area (TPSA) is 56.4 Å². The monoisotopic (exact) mass is 327 g/mol. The first-order chi connectivity index (χ1) is 11.6. The molecule has 5 heteroatoms. The van der Waals surface area contributed by atoms with E-state index in [0.717, 1.165) is 37.9 Å². The number of carbonyl (C=O) groups excluding carboxylic acids is 2. The molecule has 2 aromatic rings. The highest BCUT2D eigenvalue weighted by Crippen LogP contribution is 2.18. The molecule has 1 fully saturated rings. The van der Waals surface area contributed by atoms with Gasteiger partial charge in [0.2, 0.25) is 11.8 Å². The first-order valence-electron chi connectivity index (χ1n) is 8.73. The second-order valence-corrected chi connectivity index (χ2v) is 6.49. The van der Waals surface area contributed by atoms with E-state index in [1.807, 2.05) is 29.3 Å². The smallest absolute Gasteiger partial charge is 0.242 e. The predicted molar refractivity (Wildman–Crippen MR) is 94.7 cm³/mol. The van der Waals surface area contributed by atoms with Crippen LogP contribution in [-0.2, 0) is 16.0 Å². The molecule has 0 atom stereocenters. The Bertz CT molecular complexity index is 716. The van der Waals surface area contributed by atoms with Crippen LogP contribution < -0.4 is 0 Å². The molecule has 24 heavy (non-hydrogen) atoms. The third-order valence-corrected chi connectivity index (χ3v) is 4.81. The van der Waals surface area contributed by atoms with E-state index in [-0.39, 0.29) is 18.4 Å². The number of hydrogen-bond donors (Lipinski definition) is 1. The maximum atomic E-state index is 12.4. The summed E-state index contributed by atoms with van der Waals surface area (Å²) in [7, 11) is 0. The Morgan fingerprint density at radius 3 is 2.67 bits per heavy atom. The zero-order valence-electron chi connectivity index (χ0n) is 14.3. The molecule has 0 saturated carbocycles. The zero-order chi connectivity index (χ0) is 16.9. The number of H-pyrrole nitrogens is 1. The number of nitrogens with one attached hydrogen (secondary N) is 1. The van der Waals surface area contributed by atoms with Gasteiger partial charge in [0.05, 0.1) is 6.54 Å². The molecule has 5 nitrogen and oxygen atoms in total. The molecule has 1 aliphatic heterocycles. The summed E-state index contributed by atoms with van der Waals surface area (Å²) in [5.41, 5.74) is 2.29. The molecule has 0 bridgehead atoms. The van der Waals surface area contributed by atoms with Gasteiger partial charge < -0.3 is 14.8 Å². The number of hydrogen-bond acceptors (Lipinski definition) is 2. The lowest BCUT2D eigenvalue weighted by atomic mass is 10.1. The Labute approximate surface area is 142 Å². The Morgan fingerprint density at radius 2 is 1.92 bits per heavy atom. The van der Waals surface area contributed by atoms with Crippen LogP contribution >= 0.6 is 0 Å². The van der Waals surface area contributed by atoms with Gasteiger partial charge in [-0.1, -0.05) is 18.2 Å². The van der Waals surface area contributed by atoms with Crippen molar-refractivity contribution in [3.8, 4) is 0 Å². The number of aromatic amines is 1. The van der Waals surface area contributed by atoms with Crippen molar-refractivity contribution in [2.75, 3.05) is 26.2 Å². The third-order valence-electron chi connectivity index (χ3n) is 4.81. The zero-order valence-corrected chi connectivity index (χ0v) is 14.3. The average molecular weight is 327 g/mol. The van der Waals surface area contributed by atoms with Gasteiger partial charge in [0.1, 0.15) is 0 Å². The highest BCUT2D eigenvalue weighted by atomic mass is 16.2. The highest BCUT2D eigenvalue weighted by molar-refractivity contribution is 5.84. The molecule has 1 aliphatic rings. The largest absolute Gasteiger partial charge is 0.361 e. The fourth-order valence-electron chi connectivity index (χ4n) is 3.35. The minimum atomic E-state index is -0.0415. The van der Waals surface area contributed by atoms with E-state index in [0.29, 0.717) is 6.54 Å². The quantitative estimate of drug-likeness (QED) is 0.917. The summed E-state index contributed by atoms with van der Waals surface area (Å²) in [6.45, 7) is 3.95. The van der Waals surface area contributed by atoms with Crippen molar-refractivity contribution in [3.05, 3.63) is 36.0 Å². The third kappa shape index (κ3) is 3.78. The molecule has 1 N–H and O–H groups in total. The van der Waals surface area contributed by atoms with Gasteiger partial charge in [0.15, 0.2) is 0 Å². The Balaban J connectivity index is 1.61. The Kier molecular flexibility index (Phi) is 5.18. The average Bonchev–Trinajstić information content (AvgIpc) is 3.02. The summed E-state index contributed by atoms with van der Waals surface area (Å²) in [5.74, 6) is 0.0315. The maximum absolute atomic E-state index is 12.4. The van der Waals surface area contributed by atoms with Crippen molar-refractivity contribution in [1.29, 1.82) is 0 Å². The molecule has 1 aromatic carbocycles. The minimum absolute atomic E-state index is 0.0415. The predicted octanol–water partition coefficient (Wildman–Crippen LogP) is 2.57. The van der Waals surface area contributed by atoms with Crippen molar-refractivity contribution >= 4 is 22.7 Å². The molecule has 2 amide bonds. The van der Waals surface area contributed by atoms with Crippen molar-refractivity contribution in [2.24, 2.45) is 0 Å². The molecule has 128 valence electrons. The van der Waals surface area contributed by atoms with Gasteiger partial charge in [-0.15, -0.1) is 0 Å². The van der Waals surface area contributed by atoms with Gasteiger partial charge in [0, 0.05) is 43.7 Å². The molecule has 0 spiro atoms. The second-order valence-electron chi connectivity index (χ2n) is 6.49. The van der Waals surface area contributed by atoms with Gasteiger partial charge in [-0.05, 0) is 37.3 Å². The number of benzene rings is 1. The summed E-state index contributed by atoms with van der Waals surface area (Å²) in [6.07, 6.45) is 6.08. The van der Waals surface area contributed by atoms with Crippen LogP contribution in [0.2, 0.25) is 0 Å². The van der Waals surface area contributed by atoms with Gasteiger partial charge in [-0.25, -0.2) is 0 Å². The van der Waals surface area contributed by atoms with E-state index in [2.05, 4.69) is 11.1 Å². The lowest BCUT2D eigenvalue weighted by molar-refractivity contribution is -0.139. The summed E-state index contributed by atoms with van der Waals surface area (Å²) < 4.78 is 0. The van der Waals surface area contributed by atoms with E-state index in [4.69, 9.17) is 0 Å². The highest BCUT2D eigenvalue weighted by Gasteiger charge is 2.20. The van der Waals surface area contributed by atoms with Crippen molar-refractivity contribution < 1.29 is 9.59 Å². The van der Waals surface area contributed by atoms with Crippen LogP contribution in [0.5, 0.6) is 0 Å². The number of likely N-dealkylation sites (tertiary alicyclic amines) is 1. The molecule has 2 heterocycles. The molecule has 0 unspecified atom stereocenters. The molecule has 1 aromatic heterocycles. The Morgan fingerprint density at radius 1 is 1.17 bits per heavy atom. The van der Waals surface area contributed by atoms with Crippen molar-refractivity contribution in [2.45, 2.75) is 32.6 Å². The number of amides is 2. The van der Waals surface area contributed by atoms with Crippen LogP contribution in [0.3, 0.4) is 0 Å². The number of fused-ring (bicyclic) bond motifs is 1. The molecular weight excluding hydrogens is 302 g/mol. The number of nitrogens with zero attached hydrogens (tertiary/aromatic N) is 2. The Hall–Kier alpha value is -2.30. The summed E-state index contributed by atoms with van der Waals surface area (Å²) >= 11 is 0. The van der Waals surface area contributed by atoms with Crippen molar-refractivity contribution in [3.63, 3.8) is 0 Å². The van der Waals surface area contributed by atoms with Gasteiger partial charge >= 0.3 is 0 Å². The standard InChI is InChI=1S/C19H25N3O2/c1-15(23)22(14-19(24)21-10-5-2-6-11-21)12-9-16-13-20-18-8-4-3-7-17(16)18/h3-4,7-8,13,20H,2,5-6,9-12,14H2,1H3. The van der Waals surface area contributed by atoms with E-state index >= 15 is 0 Å². The first kappa shape index (κ1) is 16.6. The number of carbonyl (C=O) groups is 2. The van der Waals surface area contributed by atoms with Gasteiger partial charge in [0.25, 0.3) is 0 Å². The molecule has 1 saturated heterocycles. The van der Waals surface area contributed by atoms with Crippen LogP contribution in [0, 0.1) is 0 Å². The van der Waals surface area contributed by atoms with Crippen LogP contribution in [0.25, 0.3) is 10.9 Å². The maximum Gasteiger partial charge on any atom is 0.242 e. The summed E-state index contributed by atoms with van der Waals surface area (Å²) in [6, 6.07) is 8.14. The van der Waals surface area contributed by atoms with E-state index in [1.54, 1.807) is 11.8 Å². The summed E-state index contributed by atoms with van der Waals surface area (Å²) in [5, 5.41) is 1.18. The number of piperidine rings is 1. The van der Waals surface area contributed by atoms with Crippen LogP contribution in [0.1, 0.15) is 31.7 Å². The van der Waals surface area contributed by atoms with Gasteiger partial charge in [-0.2, -0.15) is 0 Å². The van der Waals surface area contributed by atoms with Crippen LogP contribution in [0.4, 0.5) is 0 Å². The number of para-hydroxylation sites is 1. The lowest BCUT2D eigenvalue weighted by Crippen LogP contribution is -2.44. The van der Waals surface area contributed by atoms with Crippen LogP contribution in [0.15, 0.2) is 30.5 Å². The normalized spacial score (nSPS) is 14.8. The second kappa shape index (κ2) is 7.51. The van der Waals surface area contributed by atoms with Gasteiger partial charge in [-0.3, -0.25) is 9.59 Å². The lowest BCUT2D eigenvalue weighted by Gasteiger charge is -2.29. The fourth-order valence-corrected chi connectivity index (χ4v) is 3.35. The van der Waals surface area contributed by atoms with Crippen molar-refractivity contribution in [1.82, 2.24) is 14.8 Å². The first-order valence-corrected chi connectivity index (χ1v) is 8.73. The SMILES string of the molecule is CC(=O)N(CCc1c[nH]c2ccccc12)CC(=O)N1CCCCC1. The molecule has 0 radical (unpaired) electrons. The molecule has 3 rings (SSSR count).